The van der Waals surface area contributed by atoms with Crippen molar-refractivity contribution in [3.63, 3.8) is 0 Å². The Bertz CT molecular complexity index is 566. The zero-order chi connectivity index (χ0) is 13.1. The number of rotatable bonds is 4. The summed E-state index contributed by atoms with van der Waals surface area (Å²) >= 11 is 0. The van der Waals surface area contributed by atoms with Crippen molar-refractivity contribution in [2.24, 2.45) is 0 Å². The van der Waals surface area contributed by atoms with Gasteiger partial charge in [0.15, 0.2) is 0 Å². The van der Waals surface area contributed by atoms with Gasteiger partial charge in [-0.15, -0.1) is 0 Å². The van der Waals surface area contributed by atoms with E-state index in [-0.39, 0.29) is 0 Å². The summed E-state index contributed by atoms with van der Waals surface area (Å²) in [4.78, 5) is 8.55. The quantitative estimate of drug-likeness (QED) is 0.911. The van der Waals surface area contributed by atoms with Crippen LogP contribution in [0.5, 0.6) is 11.6 Å². The zero-order valence-electron chi connectivity index (χ0n) is 11.0. The summed E-state index contributed by atoms with van der Waals surface area (Å²) in [5.74, 6) is 1.38. The minimum atomic E-state index is 0.540. The third-order valence-electron chi connectivity index (χ3n) is 3.33. The first kappa shape index (κ1) is 12.1. The molecule has 1 N–H and O–H groups in total. The van der Waals surface area contributed by atoms with E-state index in [1.54, 1.807) is 12.4 Å². The predicted molar refractivity (Wildman–Crippen MR) is 73.3 cm³/mol. The lowest BCUT2D eigenvalue weighted by Crippen LogP contribution is -2.07. The maximum atomic E-state index is 5.74. The van der Waals surface area contributed by atoms with Gasteiger partial charge in [-0.2, -0.15) is 0 Å². The van der Waals surface area contributed by atoms with Crippen molar-refractivity contribution >= 4 is 0 Å². The summed E-state index contributed by atoms with van der Waals surface area (Å²) in [7, 11) is 1.89. The molecule has 1 aliphatic carbocycles. The van der Waals surface area contributed by atoms with Crippen molar-refractivity contribution in [1.29, 1.82) is 0 Å². The number of ether oxygens (including phenoxy) is 1. The molecule has 19 heavy (non-hydrogen) atoms. The first-order valence-electron chi connectivity index (χ1n) is 6.60. The molecule has 0 radical (unpaired) electrons. The molecule has 0 amide bonds. The zero-order valence-corrected chi connectivity index (χ0v) is 11.0. The van der Waals surface area contributed by atoms with Crippen LogP contribution in [-0.4, -0.2) is 17.0 Å². The lowest BCUT2D eigenvalue weighted by atomic mass is 10.1. The van der Waals surface area contributed by atoms with Gasteiger partial charge in [0.2, 0.25) is 5.88 Å². The Morgan fingerprint density at radius 2 is 2.05 bits per heavy atom. The van der Waals surface area contributed by atoms with E-state index in [2.05, 4.69) is 27.4 Å². The van der Waals surface area contributed by atoms with Gasteiger partial charge < -0.3 is 10.1 Å². The van der Waals surface area contributed by atoms with Gasteiger partial charge in [-0.05, 0) is 49.6 Å². The Balaban J connectivity index is 1.74. The number of nitrogens with zero attached hydrogens (tertiary/aromatic N) is 2. The van der Waals surface area contributed by atoms with Crippen LogP contribution in [0.3, 0.4) is 0 Å². The van der Waals surface area contributed by atoms with Crippen molar-refractivity contribution in [1.82, 2.24) is 15.3 Å². The molecular formula is C15H17N3O. The first-order valence-corrected chi connectivity index (χ1v) is 6.60. The number of aryl methyl sites for hydroxylation is 2. The third kappa shape index (κ3) is 2.74. The molecule has 1 heterocycles. The SMILES string of the molecule is CNCc1cnc(Oc2ccc3c(c2)CCC3)cn1. The van der Waals surface area contributed by atoms with Gasteiger partial charge in [-0.3, -0.25) is 4.98 Å². The molecule has 0 fully saturated rings. The maximum Gasteiger partial charge on any atom is 0.237 e. The Hall–Kier alpha value is -1.94. The largest absolute Gasteiger partial charge is 0.437 e. The van der Waals surface area contributed by atoms with Crippen LogP contribution in [0.25, 0.3) is 0 Å². The van der Waals surface area contributed by atoms with Crippen molar-refractivity contribution < 1.29 is 4.74 Å². The van der Waals surface area contributed by atoms with Gasteiger partial charge in [0.05, 0.1) is 18.1 Å². The van der Waals surface area contributed by atoms with Crippen molar-refractivity contribution in [3.05, 3.63) is 47.4 Å². The molecule has 4 nitrogen and oxygen atoms in total. The summed E-state index contributed by atoms with van der Waals surface area (Å²) in [6.07, 6.45) is 6.99. The number of benzene rings is 1. The molecule has 0 aliphatic heterocycles. The van der Waals surface area contributed by atoms with E-state index in [4.69, 9.17) is 4.74 Å². The molecule has 98 valence electrons. The summed E-state index contributed by atoms with van der Waals surface area (Å²) in [6.45, 7) is 0.714. The molecule has 0 saturated heterocycles. The summed E-state index contributed by atoms with van der Waals surface area (Å²) in [6, 6.07) is 6.28. The second-order valence-electron chi connectivity index (χ2n) is 4.76. The number of hydrogen-bond acceptors (Lipinski definition) is 4. The van der Waals surface area contributed by atoms with Crippen LogP contribution < -0.4 is 10.1 Å². The number of hydrogen-bond donors (Lipinski definition) is 1. The average molecular weight is 255 g/mol. The average Bonchev–Trinajstić information content (AvgIpc) is 2.89. The lowest BCUT2D eigenvalue weighted by Gasteiger charge is -2.07. The molecule has 0 spiro atoms. The summed E-state index contributed by atoms with van der Waals surface area (Å²) in [5, 5.41) is 3.04. The van der Waals surface area contributed by atoms with Crippen LogP contribution in [0.15, 0.2) is 30.6 Å². The highest BCUT2D eigenvalue weighted by molar-refractivity contribution is 5.39. The van der Waals surface area contributed by atoms with Gasteiger partial charge in [-0.1, -0.05) is 6.07 Å². The van der Waals surface area contributed by atoms with Crippen LogP contribution in [0.4, 0.5) is 0 Å². The molecule has 0 bridgehead atoms. The molecule has 1 aromatic carbocycles. The van der Waals surface area contributed by atoms with Gasteiger partial charge >= 0.3 is 0 Å². The number of fused-ring (bicyclic) bond motifs is 1. The highest BCUT2D eigenvalue weighted by Crippen LogP contribution is 2.28. The van der Waals surface area contributed by atoms with Gasteiger partial charge in [-0.25, -0.2) is 4.98 Å². The summed E-state index contributed by atoms with van der Waals surface area (Å²) < 4.78 is 5.74. The Kier molecular flexibility index (Phi) is 3.42. The van der Waals surface area contributed by atoms with E-state index in [0.717, 1.165) is 17.9 Å². The minimum Gasteiger partial charge on any atom is -0.437 e. The van der Waals surface area contributed by atoms with Crippen molar-refractivity contribution in [3.8, 4) is 11.6 Å². The fraction of sp³-hybridized carbons (Fsp3) is 0.333. The van der Waals surface area contributed by atoms with Gasteiger partial charge in [0.1, 0.15) is 5.75 Å². The molecular weight excluding hydrogens is 238 g/mol. The Morgan fingerprint density at radius 3 is 2.84 bits per heavy atom. The van der Waals surface area contributed by atoms with Crippen LogP contribution in [0.1, 0.15) is 23.2 Å². The fourth-order valence-corrected chi connectivity index (χ4v) is 2.40. The predicted octanol–water partition coefficient (Wildman–Crippen LogP) is 2.48. The second-order valence-corrected chi connectivity index (χ2v) is 4.76. The minimum absolute atomic E-state index is 0.540. The molecule has 2 aromatic rings. The van der Waals surface area contributed by atoms with E-state index >= 15 is 0 Å². The molecule has 3 rings (SSSR count). The molecule has 1 aliphatic rings. The molecule has 1 aromatic heterocycles. The van der Waals surface area contributed by atoms with E-state index in [9.17, 15) is 0 Å². The normalized spacial score (nSPS) is 13.3. The maximum absolute atomic E-state index is 5.74. The molecule has 0 saturated carbocycles. The number of nitrogens with one attached hydrogen (secondary N) is 1. The van der Waals surface area contributed by atoms with Crippen LogP contribution in [-0.2, 0) is 19.4 Å². The van der Waals surface area contributed by atoms with E-state index < -0.39 is 0 Å². The first-order chi connectivity index (χ1) is 9.35. The Labute approximate surface area is 112 Å². The monoisotopic (exact) mass is 255 g/mol. The van der Waals surface area contributed by atoms with Gasteiger partial charge in [0, 0.05) is 6.54 Å². The van der Waals surface area contributed by atoms with Crippen LogP contribution in [0, 0.1) is 0 Å². The van der Waals surface area contributed by atoms with E-state index in [0.29, 0.717) is 12.4 Å². The standard InChI is InChI=1S/C15H17N3O/c1-16-8-13-9-18-15(10-17-13)19-14-6-5-11-3-2-4-12(11)7-14/h5-7,9-10,16H,2-4,8H2,1H3. The third-order valence-corrected chi connectivity index (χ3v) is 3.33. The topological polar surface area (TPSA) is 47.0 Å². The molecule has 0 atom stereocenters. The highest BCUT2D eigenvalue weighted by Gasteiger charge is 2.11. The Morgan fingerprint density at radius 1 is 1.16 bits per heavy atom. The van der Waals surface area contributed by atoms with Crippen molar-refractivity contribution in [2.75, 3.05) is 7.05 Å². The van der Waals surface area contributed by atoms with Gasteiger partial charge in [0.25, 0.3) is 0 Å². The van der Waals surface area contributed by atoms with E-state index in [1.807, 2.05) is 13.1 Å². The molecule has 0 unspecified atom stereocenters. The second kappa shape index (κ2) is 5.36. The van der Waals surface area contributed by atoms with E-state index in [1.165, 1.54) is 24.0 Å². The smallest absolute Gasteiger partial charge is 0.237 e. The molecule has 4 heteroatoms. The fourth-order valence-electron chi connectivity index (χ4n) is 2.40. The highest BCUT2D eigenvalue weighted by atomic mass is 16.5. The van der Waals surface area contributed by atoms with Crippen LogP contribution in [0.2, 0.25) is 0 Å². The number of aromatic nitrogens is 2. The lowest BCUT2D eigenvalue weighted by molar-refractivity contribution is 0.458. The van der Waals surface area contributed by atoms with Crippen molar-refractivity contribution in [2.45, 2.75) is 25.8 Å². The summed E-state index contributed by atoms with van der Waals surface area (Å²) in [5.41, 5.74) is 3.75. The van der Waals surface area contributed by atoms with Crippen LogP contribution >= 0.6 is 0 Å².